The van der Waals surface area contributed by atoms with Crippen LogP contribution < -0.4 is 5.73 Å². The molecule has 1 heterocycles. The molecular formula is C14H28N2O. The van der Waals surface area contributed by atoms with E-state index in [1.165, 1.54) is 58.0 Å². The lowest BCUT2D eigenvalue weighted by molar-refractivity contribution is 0.0842. The van der Waals surface area contributed by atoms with Gasteiger partial charge in [-0.15, -0.1) is 0 Å². The van der Waals surface area contributed by atoms with E-state index < -0.39 is 0 Å². The Kier molecular flexibility index (Phi) is 5.75. The van der Waals surface area contributed by atoms with Crippen molar-refractivity contribution in [1.29, 1.82) is 0 Å². The predicted octanol–water partition coefficient (Wildman–Crippen LogP) is 2.15. The highest BCUT2D eigenvalue weighted by molar-refractivity contribution is 4.79. The molecule has 0 aromatic carbocycles. The highest BCUT2D eigenvalue weighted by Crippen LogP contribution is 2.25. The van der Waals surface area contributed by atoms with Gasteiger partial charge in [0, 0.05) is 19.2 Å². The molecule has 0 spiro atoms. The normalized spacial score (nSPS) is 26.1. The summed E-state index contributed by atoms with van der Waals surface area (Å²) in [6, 6.07) is 0.836. The van der Waals surface area contributed by atoms with Crippen molar-refractivity contribution in [2.75, 3.05) is 26.2 Å². The van der Waals surface area contributed by atoms with E-state index in [1.807, 2.05) is 0 Å². The van der Waals surface area contributed by atoms with Crippen molar-refractivity contribution in [3.63, 3.8) is 0 Å². The van der Waals surface area contributed by atoms with Gasteiger partial charge in [0.1, 0.15) is 0 Å². The molecule has 1 saturated carbocycles. The minimum absolute atomic E-state index is 0.539. The molecule has 3 nitrogen and oxygen atoms in total. The fraction of sp³-hybridized carbons (Fsp3) is 1.00. The molecule has 2 rings (SSSR count). The van der Waals surface area contributed by atoms with Gasteiger partial charge in [0.05, 0.1) is 6.10 Å². The van der Waals surface area contributed by atoms with Gasteiger partial charge in [-0.25, -0.2) is 0 Å². The molecule has 1 aliphatic heterocycles. The molecule has 1 unspecified atom stereocenters. The van der Waals surface area contributed by atoms with Crippen LogP contribution in [0.4, 0.5) is 0 Å². The molecule has 1 aliphatic carbocycles. The molecule has 0 radical (unpaired) electrons. The molecule has 3 heteroatoms. The van der Waals surface area contributed by atoms with Gasteiger partial charge in [0.2, 0.25) is 0 Å². The van der Waals surface area contributed by atoms with Gasteiger partial charge >= 0.3 is 0 Å². The van der Waals surface area contributed by atoms with Crippen molar-refractivity contribution in [2.24, 2.45) is 5.73 Å². The predicted molar refractivity (Wildman–Crippen MR) is 71.1 cm³/mol. The maximum absolute atomic E-state index is 5.72. The van der Waals surface area contributed by atoms with Crippen LogP contribution in [0.15, 0.2) is 0 Å². The number of rotatable bonds is 7. The van der Waals surface area contributed by atoms with Crippen LogP contribution in [0.1, 0.15) is 51.4 Å². The average Bonchev–Trinajstić information content (AvgIpc) is 3.01. The molecule has 100 valence electrons. The average molecular weight is 240 g/mol. The van der Waals surface area contributed by atoms with Crippen LogP contribution in [0.5, 0.6) is 0 Å². The lowest BCUT2D eigenvalue weighted by Crippen LogP contribution is -2.37. The van der Waals surface area contributed by atoms with Gasteiger partial charge in [-0.2, -0.15) is 0 Å². The van der Waals surface area contributed by atoms with Crippen molar-refractivity contribution in [3.8, 4) is 0 Å². The number of nitrogens with two attached hydrogens (primary N) is 1. The summed E-state index contributed by atoms with van der Waals surface area (Å²) in [7, 11) is 0. The Labute approximate surface area is 106 Å². The van der Waals surface area contributed by atoms with E-state index in [9.17, 15) is 0 Å². The van der Waals surface area contributed by atoms with E-state index in [4.69, 9.17) is 10.5 Å². The van der Waals surface area contributed by atoms with Crippen LogP contribution in [-0.2, 0) is 4.74 Å². The summed E-state index contributed by atoms with van der Waals surface area (Å²) >= 11 is 0. The van der Waals surface area contributed by atoms with Crippen LogP contribution in [0.2, 0.25) is 0 Å². The summed E-state index contributed by atoms with van der Waals surface area (Å²) in [6.07, 6.45) is 11.1. The lowest BCUT2D eigenvalue weighted by atomic mass is 10.1. The summed E-state index contributed by atoms with van der Waals surface area (Å²) in [5.41, 5.74) is 5.64. The largest absolute Gasteiger partial charge is 0.378 e. The molecule has 2 N–H and O–H groups in total. The fourth-order valence-electron chi connectivity index (χ4n) is 3.22. The quantitative estimate of drug-likeness (QED) is 0.741. The topological polar surface area (TPSA) is 38.5 Å². The van der Waals surface area contributed by atoms with Gasteiger partial charge in [0.25, 0.3) is 0 Å². The first-order chi connectivity index (χ1) is 8.40. The lowest BCUT2D eigenvalue weighted by Gasteiger charge is -2.29. The van der Waals surface area contributed by atoms with Crippen molar-refractivity contribution < 1.29 is 4.74 Å². The molecule has 2 aliphatic rings. The highest BCUT2D eigenvalue weighted by Gasteiger charge is 2.23. The SMILES string of the molecule is NCCCN(CCC1CCCO1)C1CCCC1. The van der Waals surface area contributed by atoms with Crippen LogP contribution in [0.25, 0.3) is 0 Å². The molecule has 1 saturated heterocycles. The van der Waals surface area contributed by atoms with E-state index in [-0.39, 0.29) is 0 Å². The zero-order chi connectivity index (χ0) is 11.9. The zero-order valence-electron chi connectivity index (χ0n) is 11.1. The minimum Gasteiger partial charge on any atom is -0.378 e. The first kappa shape index (κ1) is 13.3. The minimum atomic E-state index is 0.539. The molecule has 17 heavy (non-hydrogen) atoms. The van der Waals surface area contributed by atoms with Crippen LogP contribution in [0.3, 0.4) is 0 Å². The summed E-state index contributed by atoms with van der Waals surface area (Å²) in [5.74, 6) is 0. The van der Waals surface area contributed by atoms with Crippen molar-refractivity contribution in [3.05, 3.63) is 0 Å². The Morgan fingerprint density at radius 1 is 1.06 bits per heavy atom. The second-order valence-electron chi connectivity index (χ2n) is 5.54. The Hall–Kier alpha value is -0.120. The number of hydrogen-bond acceptors (Lipinski definition) is 3. The molecule has 2 fully saturated rings. The zero-order valence-corrected chi connectivity index (χ0v) is 11.1. The van der Waals surface area contributed by atoms with E-state index in [0.717, 1.165) is 25.6 Å². The number of ether oxygens (including phenoxy) is 1. The van der Waals surface area contributed by atoms with Gasteiger partial charge in [-0.1, -0.05) is 12.8 Å². The van der Waals surface area contributed by atoms with Crippen molar-refractivity contribution in [2.45, 2.75) is 63.5 Å². The Balaban J connectivity index is 1.72. The second-order valence-corrected chi connectivity index (χ2v) is 5.54. The maximum Gasteiger partial charge on any atom is 0.0588 e. The van der Waals surface area contributed by atoms with Crippen molar-refractivity contribution >= 4 is 0 Å². The third kappa shape index (κ3) is 4.23. The standard InChI is InChI=1S/C14H28N2O/c15-9-4-10-16(13-5-1-2-6-13)11-8-14-7-3-12-17-14/h13-14H,1-12,15H2. The first-order valence-corrected chi connectivity index (χ1v) is 7.46. The van der Waals surface area contributed by atoms with Crippen LogP contribution in [0, 0.1) is 0 Å². The summed E-state index contributed by atoms with van der Waals surface area (Å²) < 4.78 is 5.72. The Bertz CT molecular complexity index is 198. The molecule has 0 amide bonds. The van der Waals surface area contributed by atoms with Gasteiger partial charge in [-0.3, -0.25) is 0 Å². The highest BCUT2D eigenvalue weighted by atomic mass is 16.5. The smallest absolute Gasteiger partial charge is 0.0588 e. The van der Waals surface area contributed by atoms with E-state index in [2.05, 4.69) is 4.90 Å². The Morgan fingerprint density at radius 2 is 1.88 bits per heavy atom. The third-order valence-corrected chi connectivity index (χ3v) is 4.25. The fourth-order valence-corrected chi connectivity index (χ4v) is 3.22. The first-order valence-electron chi connectivity index (χ1n) is 7.46. The van der Waals surface area contributed by atoms with E-state index in [1.54, 1.807) is 0 Å². The van der Waals surface area contributed by atoms with Crippen molar-refractivity contribution in [1.82, 2.24) is 4.90 Å². The van der Waals surface area contributed by atoms with E-state index >= 15 is 0 Å². The number of nitrogens with zero attached hydrogens (tertiary/aromatic N) is 1. The van der Waals surface area contributed by atoms with Gasteiger partial charge < -0.3 is 15.4 Å². The molecular weight excluding hydrogens is 212 g/mol. The summed E-state index contributed by atoms with van der Waals surface area (Å²) in [5, 5.41) is 0. The van der Waals surface area contributed by atoms with Crippen LogP contribution in [-0.4, -0.2) is 43.3 Å². The van der Waals surface area contributed by atoms with Crippen LogP contribution >= 0.6 is 0 Å². The Morgan fingerprint density at radius 3 is 2.53 bits per heavy atom. The molecule has 0 aromatic heterocycles. The molecule has 1 atom stereocenters. The van der Waals surface area contributed by atoms with E-state index in [0.29, 0.717) is 6.10 Å². The third-order valence-electron chi connectivity index (χ3n) is 4.25. The number of hydrogen-bond donors (Lipinski definition) is 1. The monoisotopic (exact) mass is 240 g/mol. The second kappa shape index (κ2) is 7.34. The summed E-state index contributed by atoms with van der Waals surface area (Å²) in [4.78, 5) is 2.68. The molecule has 0 aromatic rings. The molecule has 0 bridgehead atoms. The summed E-state index contributed by atoms with van der Waals surface area (Å²) in [6.45, 7) is 4.21. The maximum atomic E-state index is 5.72. The van der Waals surface area contributed by atoms with Gasteiger partial charge in [-0.05, 0) is 51.6 Å². The van der Waals surface area contributed by atoms with Gasteiger partial charge in [0.15, 0.2) is 0 Å².